The van der Waals surface area contributed by atoms with Gasteiger partial charge in [0.15, 0.2) is 17.5 Å². The van der Waals surface area contributed by atoms with Gasteiger partial charge in [0.05, 0.1) is 11.6 Å². The summed E-state index contributed by atoms with van der Waals surface area (Å²) in [6.07, 6.45) is 0. The van der Waals surface area contributed by atoms with Gasteiger partial charge in [-0.25, -0.2) is 15.0 Å². The fourth-order valence-corrected chi connectivity index (χ4v) is 8.01. The fraction of sp³-hybridized carbons (Fsp3) is 0.0612. The molecule has 2 aromatic heterocycles. The second-order valence-electron chi connectivity index (χ2n) is 14.3. The van der Waals surface area contributed by atoms with Crippen LogP contribution in [0.25, 0.3) is 89.5 Å². The van der Waals surface area contributed by atoms with Gasteiger partial charge in [0.2, 0.25) is 0 Å². The summed E-state index contributed by atoms with van der Waals surface area (Å²) >= 11 is 0. The van der Waals surface area contributed by atoms with Crippen molar-refractivity contribution in [3.05, 3.63) is 174 Å². The van der Waals surface area contributed by atoms with E-state index in [1.807, 2.05) is 84.9 Å². The third-order valence-electron chi connectivity index (χ3n) is 10.8. The molecule has 0 fully saturated rings. The third-order valence-corrected chi connectivity index (χ3v) is 10.8. The van der Waals surface area contributed by atoms with Crippen molar-refractivity contribution in [1.29, 1.82) is 5.26 Å². The smallest absolute Gasteiger partial charge is 0.164 e. The van der Waals surface area contributed by atoms with Gasteiger partial charge < -0.3 is 4.42 Å². The minimum absolute atomic E-state index is 0.263. The molecule has 2 heterocycles. The number of fused-ring (bicyclic) bond motifs is 6. The Morgan fingerprint density at radius 2 is 1.00 bits per heavy atom. The van der Waals surface area contributed by atoms with Crippen LogP contribution in [-0.2, 0) is 5.41 Å². The summed E-state index contributed by atoms with van der Waals surface area (Å²) in [7, 11) is 0. The Labute approximate surface area is 312 Å². The van der Waals surface area contributed by atoms with Gasteiger partial charge in [-0.1, -0.05) is 141 Å². The summed E-state index contributed by atoms with van der Waals surface area (Å²) in [5.41, 5.74) is 13.9. The molecule has 0 atom stereocenters. The molecule has 0 spiro atoms. The van der Waals surface area contributed by atoms with Crippen LogP contribution in [0.15, 0.2) is 162 Å². The number of nitriles is 1. The molecule has 0 N–H and O–H groups in total. The molecule has 0 bridgehead atoms. The zero-order valence-corrected chi connectivity index (χ0v) is 29.7. The minimum Gasteiger partial charge on any atom is -0.455 e. The van der Waals surface area contributed by atoms with Gasteiger partial charge in [0.25, 0.3) is 0 Å². The van der Waals surface area contributed by atoms with Crippen LogP contribution in [-0.4, -0.2) is 15.0 Å². The minimum atomic E-state index is -0.263. The van der Waals surface area contributed by atoms with Gasteiger partial charge in [-0.15, -0.1) is 0 Å². The molecule has 0 unspecified atom stereocenters. The van der Waals surface area contributed by atoms with Crippen molar-refractivity contribution in [2.75, 3.05) is 0 Å². The Hall–Kier alpha value is -7.16. The standard InChI is InChI=1S/C49H32N4O/c1-49(2)41-27-30(29-50)17-23-37(41)38-24-22-35(28-42(38)49)36-25-26-40-39-15-9-10-16-43(39)54-45(40)44(36)31-18-20-34(21-19-31)48-52-46(32-11-5-3-6-12-32)51-47(53-48)33-13-7-4-8-14-33/h3-28H,1-2H3. The number of para-hydroxylation sites is 1. The monoisotopic (exact) mass is 692 g/mol. The Kier molecular flexibility index (Phi) is 7.14. The van der Waals surface area contributed by atoms with Crippen molar-refractivity contribution in [2.45, 2.75) is 19.3 Å². The molecule has 9 aromatic rings. The molecule has 0 radical (unpaired) electrons. The van der Waals surface area contributed by atoms with Crippen LogP contribution in [0.4, 0.5) is 0 Å². The topological polar surface area (TPSA) is 75.6 Å². The third kappa shape index (κ3) is 5.03. The summed E-state index contributed by atoms with van der Waals surface area (Å²) in [5.74, 6) is 1.86. The number of hydrogen-bond donors (Lipinski definition) is 0. The van der Waals surface area contributed by atoms with E-state index in [0.29, 0.717) is 23.0 Å². The zero-order valence-electron chi connectivity index (χ0n) is 29.7. The molecule has 5 heteroatoms. The predicted octanol–water partition coefficient (Wildman–Crippen LogP) is 12.3. The summed E-state index contributed by atoms with van der Waals surface area (Å²) in [6.45, 7) is 4.50. The van der Waals surface area contributed by atoms with Gasteiger partial charge in [0, 0.05) is 38.4 Å². The van der Waals surface area contributed by atoms with E-state index in [1.54, 1.807) is 0 Å². The lowest BCUT2D eigenvalue weighted by molar-refractivity contribution is 0.660. The first-order valence-corrected chi connectivity index (χ1v) is 18.1. The Balaban J connectivity index is 1.13. The van der Waals surface area contributed by atoms with Gasteiger partial charge in [0.1, 0.15) is 11.2 Å². The highest BCUT2D eigenvalue weighted by molar-refractivity contribution is 6.12. The van der Waals surface area contributed by atoms with Crippen molar-refractivity contribution in [1.82, 2.24) is 15.0 Å². The van der Waals surface area contributed by atoms with Crippen LogP contribution >= 0.6 is 0 Å². The van der Waals surface area contributed by atoms with E-state index in [0.717, 1.165) is 60.9 Å². The molecular formula is C49H32N4O. The lowest BCUT2D eigenvalue weighted by Gasteiger charge is -2.22. The highest BCUT2D eigenvalue weighted by Gasteiger charge is 2.36. The molecule has 254 valence electrons. The molecule has 0 saturated carbocycles. The zero-order chi connectivity index (χ0) is 36.4. The Morgan fingerprint density at radius 1 is 0.481 bits per heavy atom. The van der Waals surface area contributed by atoms with Crippen LogP contribution in [0.3, 0.4) is 0 Å². The molecule has 0 amide bonds. The van der Waals surface area contributed by atoms with E-state index in [-0.39, 0.29) is 5.41 Å². The second kappa shape index (κ2) is 12.2. The van der Waals surface area contributed by atoms with Gasteiger partial charge in [-0.05, 0) is 69.3 Å². The number of nitrogens with zero attached hydrogens (tertiary/aromatic N) is 4. The summed E-state index contributed by atoms with van der Waals surface area (Å²) < 4.78 is 6.69. The summed E-state index contributed by atoms with van der Waals surface area (Å²) in [5, 5.41) is 11.8. The predicted molar refractivity (Wildman–Crippen MR) is 217 cm³/mol. The van der Waals surface area contributed by atoms with E-state index < -0.39 is 0 Å². The molecular weight excluding hydrogens is 661 g/mol. The average Bonchev–Trinajstić information content (AvgIpc) is 3.72. The van der Waals surface area contributed by atoms with Crippen LogP contribution in [0.1, 0.15) is 30.5 Å². The maximum atomic E-state index is 9.66. The van der Waals surface area contributed by atoms with E-state index >= 15 is 0 Å². The molecule has 1 aliphatic carbocycles. The first-order valence-electron chi connectivity index (χ1n) is 18.1. The van der Waals surface area contributed by atoms with Crippen molar-refractivity contribution >= 4 is 21.9 Å². The lowest BCUT2D eigenvalue weighted by Crippen LogP contribution is -2.15. The van der Waals surface area contributed by atoms with Gasteiger partial charge in [-0.3, -0.25) is 0 Å². The fourth-order valence-electron chi connectivity index (χ4n) is 8.01. The Morgan fingerprint density at radius 3 is 1.65 bits per heavy atom. The number of rotatable bonds is 5. The van der Waals surface area contributed by atoms with E-state index in [9.17, 15) is 5.26 Å². The summed E-state index contributed by atoms with van der Waals surface area (Å²) in [4.78, 5) is 14.8. The molecule has 7 aromatic carbocycles. The molecule has 10 rings (SSSR count). The molecule has 54 heavy (non-hydrogen) atoms. The first-order chi connectivity index (χ1) is 26.5. The molecule has 0 saturated heterocycles. The van der Waals surface area contributed by atoms with E-state index in [1.165, 1.54) is 22.3 Å². The van der Waals surface area contributed by atoms with Gasteiger partial charge >= 0.3 is 0 Å². The number of furan rings is 1. The molecule has 0 aliphatic heterocycles. The maximum Gasteiger partial charge on any atom is 0.164 e. The SMILES string of the molecule is CC1(C)c2cc(C#N)ccc2-c2ccc(-c3ccc4c(oc5ccccc54)c3-c3ccc(-c4nc(-c5ccccc5)nc(-c5ccccc5)n4)cc3)cc21. The van der Waals surface area contributed by atoms with Crippen molar-refractivity contribution < 1.29 is 4.42 Å². The Bertz CT molecular complexity index is 2900. The average molecular weight is 693 g/mol. The van der Waals surface area contributed by atoms with Crippen molar-refractivity contribution in [3.8, 4) is 73.6 Å². The molecule has 5 nitrogen and oxygen atoms in total. The second-order valence-corrected chi connectivity index (χ2v) is 14.3. The van der Waals surface area contributed by atoms with Crippen LogP contribution in [0.2, 0.25) is 0 Å². The largest absolute Gasteiger partial charge is 0.455 e. The van der Waals surface area contributed by atoms with Crippen LogP contribution in [0.5, 0.6) is 0 Å². The first kappa shape index (κ1) is 31.6. The normalized spacial score (nSPS) is 12.8. The van der Waals surface area contributed by atoms with E-state index in [4.69, 9.17) is 19.4 Å². The lowest BCUT2D eigenvalue weighted by atomic mass is 9.80. The van der Waals surface area contributed by atoms with Crippen LogP contribution < -0.4 is 0 Å². The van der Waals surface area contributed by atoms with Gasteiger partial charge in [-0.2, -0.15) is 5.26 Å². The number of benzene rings is 7. The van der Waals surface area contributed by atoms with E-state index in [2.05, 4.69) is 92.7 Å². The number of aromatic nitrogens is 3. The summed E-state index contributed by atoms with van der Waals surface area (Å²) in [6, 6.07) is 56.3. The maximum absolute atomic E-state index is 9.66. The van der Waals surface area contributed by atoms with Crippen molar-refractivity contribution in [3.63, 3.8) is 0 Å². The van der Waals surface area contributed by atoms with Crippen LogP contribution in [0, 0.1) is 11.3 Å². The van der Waals surface area contributed by atoms with Crippen molar-refractivity contribution in [2.24, 2.45) is 0 Å². The molecule has 1 aliphatic rings. The quantitative estimate of drug-likeness (QED) is 0.179. The highest BCUT2D eigenvalue weighted by Crippen LogP contribution is 2.51. The highest BCUT2D eigenvalue weighted by atomic mass is 16.3. The number of hydrogen-bond acceptors (Lipinski definition) is 5.